The van der Waals surface area contributed by atoms with Crippen LogP contribution >= 0.6 is 0 Å². The van der Waals surface area contributed by atoms with Crippen LogP contribution < -0.4 is 5.73 Å². The van der Waals surface area contributed by atoms with Crippen LogP contribution in [0.3, 0.4) is 0 Å². The molecular weight excluding hydrogens is 392 g/mol. The Labute approximate surface area is 169 Å². The molecular formula is C20H22N4O4S. The maximum absolute atomic E-state index is 12.9. The van der Waals surface area contributed by atoms with Gasteiger partial charge in [0.25, 0.3) is 0 Å². The molecule has 4 rings (SSSR count). The number of hydrogen-bond donors (Lipinski definition) is 2. The molecule has 1 aliphatic rings. The zero-order chi connectivity index (χ0) is 20.8. The monoisotopic (exact) mass is 414 g/mol. The number of nitrogens with two attached hydrogens (primary N) is 1. The van der Waals surface area contributed by atoms with Gasteiger partial charge in [0.2, 0.25) is 10.0 Å². The van der Waals surface area contributed by atoms with E-state index < -0.39 is 10.0 Å². The van der Waals surface area contributed by atoms with E-state index in [1.165, 1.54) is 4.31 Å². The van der Waals surface area contributed by atoms with E-state index in [4.69, 9.17) is 15.4 Å². The number of hydrogen-bond acceptors (Lipinski definition) is 7. The summed E-state index contributed by atoms with van der Waals surface area (Å²) < 4.78 is 32.5. The third kappa shape index (κ3) is 3.52. The van der Waals surface area contributed by atoms with Crippen LogP contribution in [0.15, 0.2) is 45.9 Å². The van der Waals surface area contributed by atoms with Gasteiger partial charge in [-0.25, -0.2) is 13.4 Å². The lowest BCUT2D eigenvalue weighted by Crippen LogP contribution is -2.51. The van der Waals surface area contributed by atoms with Crippen molar-refractivity contribution in [2.24, 2.45) is 5.92 Å². The first-order chi connectivity index (χ1) is 13.8. The summed E-state index contributed by atoms with van der Waals surface area (Å²) in [5.74, 6) is 0.817. The Bertz CT molecular complexity index is 1170. The van der Waals surface area contributed by atoms with Crippen LogP contribution in [-0.4, -0.2) is 47.7 Å². The molecule has 0 amide bonds. The van der Waals surface area contributed by atoms with Crippen LogP contribution in [0.2, 0.25) is 0 Å². The fraction of sp³-hybridized carbons (Fsp3) is 0.300. The Kier molecular flexibility index (Phi) is 4.89. The molecule has 0 bridgehead atoms. The molecule has 0 spiro atoms. The quantitative estimate of drug-likeness (QED) is 0.656. The first kappa shape index (κ1) is 19.6. The second-order valence-corrected chi connectivity index (χ2v) is 9.27. The average Bonchev–Trinajstić information content (AvgIpc) is 3.07. The van der Waals surface area contributed by atoms with Crippen molar-refractivity contribution in [1.29, 1.82) is 0 Å². The summed E-state index contributed by atoms with van der Waals surface area (Å²) in [4.78, 5) is 4.47. The minimum atomic E-state index is -3.61. The van der Waals surface area contributed by atoms with Gasteiger partial charge in [0.1, 0.15) is 5.82 Å². The van der Waals surface area contributed by atoms with Gasteiger partial charge < -0.3 is 15.4 Å². The predicted molar refractivity (Wildman–Crippen MR) is 108 cm³/mol. The van der Waals surface area contributed by atoms with E-state index in [9.17, 15) is 8.42 Å². The van der Waals surface area contributed by atoms with Crippen molar-refractivity contribution in [3.63, 3.8) is 0 Å². The minimum absolute atomic E-state index is 0.00362. The largest absolute Gasteiger partial charge is 0.396 e. The molecule has 1 aliphatic heterocycles. The lowest BCUT2D eigenvalue weighted by atomic mass is 10.00. The van der Waals surface area contributed by atoms with E-state index in [2.05, 4.69) is 10.1 Å². The Morgan fingerprint density at radius 1 is 1.21 bits per heavy atom. The summed E-state index contributed by atoms with van der Waals surface area (Å²) in [6.07, 6.45) is 1.62. The van der Waals surface area contributed by atoms with Crippen molar-refractivity contribution in [1.82, 2.24) is 14.4 Å². The van der Waals surface area contributed by atoms with Gasteiger partial charge in [0, 0.05) is 43.4 Å². The molecule has 2 aromatic heterocycles. The highest BCUT2D eigenvalue weighted by Gasteiger charge is 2.36. The fourth-order valence-corrected chi connectivity index (χ4v) is 4.99. The maximum atomic E-state index is 12.9. The highest BCUT2D eigenvalue weighted by molar-refractivity contribution is 7.89. The van der Waals surface area contributed by atoms with E-state index >= 15 is 0 Å². The standard InChI is InChI=1S/C20H22N4O4S/c1-12-3-4-16(29(26,27)24-9-14(10-24)11-25)7-17(12)15-6-18(20(21)22-8-15)19-5-13(2)23-28-19/h3-8,14,25H,9-11H2,1-2H3,(H2,21,22). The molecule has 1 saturated heterocycles. The molecule has 0 aliphatic carbocycles. The number of aliphatic hydroxyl groups is 1. The van der Waals surface area contributed by atoms with Gasteiger partial charge in [-0.3, -0.25) is 0 Å². The number of sulfonamides is 1. The van der Waals surface area contributed by atoms with Gasteiger partial charge in [0.05, 0.1) is 16.2 Å². The average molecular weight is 414 g/mol. The number of nitrogens with zero attached hydrogens (tertiary/aromatic N) is 3. The van der Waals surface area contributed by atoms with Crippen molar-refractivity contribution >= 4 is 15.8 Å². The molecule has 152 valence electrons. The van der Waals surface area contributed by atoms with E-state index in [0.717, 1.165) is 22.4 Å². The van der Waals surface area contributed by atoms with E-state index in [-0.39, 0.29) is 17.4 Å². The van der Waals surface area contributed by atoms with Crippen molar-refractivity contribution in [2.45, 2.75) is 18.7 Å². The summed E-state index contributed by atoms with van der Waals surface area (Å²) in [5, 5.41) is 13.1. The van der Waals surface area contributed by atoms with Crippen LogP contribution in [0.25, 0.3) is 22.5 Å². The topological polar surface area (TPSA) is 123 Å². The number of aliphatic hydroxyl groups excluding tert-OH is 1. The number of aromatic nitrogens is 2. The van der Waals surface area contributed by atoms with Crippen LogP contribution in [-0.2, 0) is 10.0 Å². The van der Waals surface area contributed by atoms with Gasteiger partial charge >= 0.3 is 0 Å². The molecule has 29 heavy (non-hydrogen) atoms. The van der Waals surface area contributed by atoms with Gasteiger partial charge in [-0.1, -0.05) is 11.2 Å². The lowest BCUT2D eigenvalue weighted by Gasteiger charge is -2.37. The first-order valence-electron chi connectivity index (χ1n) is 9.21. The number of nitrogen functional groups attached to an aromatic ring is 1. The van der Waals surface area contributed by atoms with Crippen LogP contribution in [0.1, 0.15) is 11.3 Å². The summed E-state index contributed by atoms with van der Waals surface area (Å²) in [5.41, 5.74) is 9.73. The molecule has 1 fully saturated rings. The van der Waals surface area contributed by atoms with Gasteiger partial charge in [-0.15, -0.1) is 0 Å². The smallest absolute Gasteiger partial charge is 0.243 e. The summed E-state index contributed by atoms with van der Waals surface area (Å²) in [6, 6.07) is 8.63. The molecule has 3 N–H and O–H groups in total. The van der Waals surface area contributed by atoms with E-state index in [1.54, 1.807) is 30.5 Å². The minimum Gasteiger partial charge on any atom is -0.396 e. The third-order valence-corrected chi connectivity index (χ3v) is 6.98. The SMILES string of the molecule is Cc1cc(-c2cc(-c3cc(S(=O)(=O)N4CC(CO)C4)ccc3C)cnc2N)on1. The van der Waals surface area contributed by atoms with Crippen molar-refractivity contribution < 1.29 is 18.0 Å². The van der Waals surface area contributed by atoms with Crippen LogP contribution in [0.5, 0.6) is 0 Å². The zero-order valence-electron chi connectivity index (χ0n) is 16.2. The molecule has 3 heterocycles. The van der Waals surface area contributed by atoms with Crippen LogP contribution in [0, 0.1) is 19.8 Å². The molecule has 8 nitrogen and oxygen atoms in total. The zero-order valence-corrected chi connectivity index (χ0v) is 17.0. The maximum Gasteiger partial charge on any atom is 0.243 e. The van der Waals surface area contributed by atoms with Crippen molar-refractivity contribution in [3.8, 4) is 22.5 Å². The summed E-state index contributed by atoms with van der Waals surface area (Å²) in [6.45, 7) is 4.38. The molecule has 0 radical (unpaired) electrons. The molecule has 3 aromatic rings. The van der Waals surface area contributed by atoms with E-state index in [1.807, 2.05) is 19.9 Å². The number of benzene rings is 1. The Morgan fingerprint density at radius 3 is 2.62 bits per heavy atom. The first-order valence-corrected chi connectivity index (χ1v) is 10.6. The summed E-state index contributed by atoms with van der Waals surface area (Å²) >= 11 is 0. The lowest BCUT2D eigenvalue weighted by molar-refractivity contribution is 0.117. The number of aryl methyl sites for hydroxylation is 2. The van der Waals surface area contributed by atoms with E-state index in [0.29, 0.717) is 30.2 Å². The molecule has 0 saturated carbocycles. The Balaban J connectivity index is 1.74. The molecule has 0 unspecified atom stereocenters. The number of rotatable bonds is 5. The molecule has 0 atom stereocenters. The summed E-state index contributed by atoms with van der Waals surface area (Å²) in [7, 11) is -3.61. The van der Waals surface area contributed by atoms with Gasteiger partial charge in [0.15, 0.2) is 5.76 Å². The second kappa shape index (κ2) is 7.25. The third-order valence-electron chi connectivity index (χ3n) is 5.15. The molecule has 9 heteroatoms. The van der Waals surface area contributed by atoms with Gasteiger partial charge in [-0.2, -0.15) is 4.31 Å². The normalized spacial score (nSPS) is 15.4. The second-order valence-electron chi connectivity index (χ2n) is 7.34. The highest BCUT2D eigenvalue weighted by atomic mass is 32.2. The fourth-order valence-electron chi connectivity index (χ4n) is 3.37. The molecule has 1 aromatic carbocycles. The number of anilines is 1. The van der Waals surface area contributed by atoms with Crippen LogP contribution in [0.4, 0.5) is 5.82 Å². The Morgan fingerprint density at radius 2 is 1.97 bits per heavy atom. The van der Waals surface area contributed by atoms with Gasteiger partial charge in [-0.05, 0) is 43.2 Å². The Hall–Kier alpha value is -2.75. The van der Waals surface area contributed by atoms with Crippen molar-refractivity contribution in [2.75, 3.05) is 25.4 Å². The van der Waals surface area contributed by atoms with Crippen molar-refractivity contribution in [3.05, 3.63) is 47.8 Å². The predicted octanol–water partition coefficient (Wildman–Crippen LogP) is 2.22. The highest BCUT2D eigenvalue weighted by Crippen LogP contribution is 2.34. The number of pyridine rings is 1.